The van der Waals surface area contributed by atoms with Crippen LogP contribution in [0.15, 0.2) is 78.9 Å². The van der Waals surface area contributed by atoms with Crippen LogP contribution in [0, 0.1) is 0 Å². The van der Waals surface area contributed by atoms with Crippen molar-refractivity contribution in [2.45, 2.75) is 69.0 Å². The van der Waals surface area contributed by atoms with Crippen molar-refractivity contribution in [2.75, 3.05) is 39.5 Å². The van der Waals surface area contributed by atoms with Gasteiger partial charge in [0.05, 0.1) is 38.4 Å². The Hall–Kier alpha value is -6.00. The van der Waals surface area contributed by atoms with E-state index in [1.165, 1.54) is 0 Å². The third-order valence-corrected chi connectivity index (χ3v) is 9.64. The molecule has 2 saturated heterocycles. The van der Waals surface area contributed by atoms with Gasteiger partial charge in [0.25, 0.3) is 0 Å². The van der Waals surface area contributed by atoms with Crippen molar-refractivity contribution in [1.29, 1.82) is 0 Å². The highest BCUT2D eigenvalue weighted by molar-refractivity contribution is 5.92. The lowest BCUT2D eigenvalue weighted by Crippen LogP contribution is -2.53. The van der Waals surface area contributed by atoms with Gasteiger partial charge in [0.15, 0.2) is 0 Å². The van der Waals surface area contributed by atoms with Crippen molar-refractivity contribution in [1.82, 2.24) is 31.9 Å². The predicted molar refractivity (Wildman–Crippen MR) is 206 cm³/mol. The van der Waals surface area contributed by atoms with E-state index in [1.807, 2.05) is 54.6 Å². The number of alkyl carbamates (subject to hydrolysis) is 2. The fourth-order valence-corrected chi connectivity index (χ4v) is 7.10. The summed E-state index contributed by atoms with van der Waals surface area (Å²) >= 11 is 0. The van der Waals surface area contributed by atoms with Gasteiger partial charge < -0.3 is 50.8 Å². The molecule has 0 aromatic heterocycles. The average molecular weight is 785 g/mol. The average Bonchev–Trinajstić information content (AvgIpc) is 3.87. The Morgan fingerprint density at radius 1 is 0.667 bits per heavy atom. The lowest BCUT2D eigenvalue weighted by molar-refractivity contribution is -0.131. The maximum Gasteiger partial charge on any atom is 0.408 e. The van der Waals surface area contributed by atoms with Crippen LogP contribution < -0.4 is 31.9 Å². The molecule has 2 fully saturated rings. The molecule has 302 valence electrons. The van der Waals surface area contributed by atoms with Gasteiger partial charge in [-0.15, -0.1) is 0 Å². The Morgan fingerprint density at radius 3 is 1.86 bits per heavy atom. The Labute approximate surface area is 330 Å². The molecule has 57 heavy (non-hydrogen) atoms. The number of benzene rings is 3. The van der Waals surface area contributed by atoms with E-state index in [0.29, 0.717) is 0 Å². The van der Waals surface area contributed by atoms with E-state index >= 15 is 0 Å². The molecule has 6 rings (SSSR count). The van der Waals surface area contributed by atoms with Crippen molar-refractivity contribution in [3.05, 3.63) is 95.6 Å². The molecule has 3 aromatic carbocycles. The fourth-order valence-electron chi connectivity index (χ4n) is 7.10. The minimum absolute atomic E-state index is 0.0797. The summed E-state index contributed by atoms with van der Waals surface area (Å²) in [5.74, 6) is -2.57. The van der Waals surface area contributed by atoms with E-state index in [1.54, 1.807) is 45.0 Å². The van der Waals surface area contributed by atoms with Gasteiger partial charge in [-0.3, -0.25) is 19.2 Å². The Kier molecular flexibility index (Phi) is 13.1. The first-order chi connectivity index (χ1) is 27.3. The zero-order valence-corrected chi connectivity index (χ0v) is 32.0. The molecule has 0 unspecified atom stereocenters. The van der Waals surface area contributed by atoms with Gasteiger partial charge in [-0.1, -0.05) is 78.9 Å². The molecular weight excluding hydrogens is 736 g/mol. The summed E-state index contributed by atoms with van der Waals surface area (Å²) in [5, 5.41) is 15.6. The number of carbonyl (C=O) groups is 6. The lowest BCUT2D eigenvalue weighted by Gasteiger charge is -2.23. The van der Waals surface area contributed by atoms with Crippen LogP contribution in [-0.4, -0.2) is 111 Å². The van der Waals surface area contributed by atoms with Gasteiger partial charge in [-0.25, -0.2) is 9.59 Å². The third kappa shape index (κ3) is 10.9. The van der Waals surface area contributed by atoms with Crippen molar-refractivity contribution in [3.8, 4) is 11.1 Å². The van der Waals surface area contributed by atoms with E-state index < -0.39 is 91.4 Å². The molecule has 1 aliphatic carbocycles. The van der Waals surface area contributed by atoms with Crippen LogP contribution in [-0.2, 0) is 44.5 Å². The second-order valence-electron chi connectivity index (χ2n) is 15.0. The maximum absolute atomic E-state index is 13.3. The Morgan fingerprint density at radius 2 is 1.23 bits per heavy atom. The van der Waals surface area contributed by atoms with Gasteiger partial charge in [0.1, 0.15) is 37.0 Å². The largest absolute Gasteiger partial charge is 0.449 e. The Balaban J connectivity index is 0.926. The van der Waals surface area contributed by atoms with Crippen LogP contribution in [0.1, 0.15) is 43.4 Å². The molecule has 16 heteroatoms. The molecule has 2 heterocycles. The molecule has 0 radical (unpaired) electrons. The van der Waals surface area contributed by atoms with Crippen molar-refractivity contribution < 1.29 is 47.7 Å². The second kappa shape index (κ2) is 18.3. The van der Waals surface area contributed by atoms with Gasteiger partial charge in [0, 0.05) is 12.3 Å². The number of hydrogen-bond acceptors (Lipinski definition) is 10. The number of amides is 6. The van der Waals surface area contributed by atoms with E-state index in [0.717, 1.165) is 27.8 Å². The predicted octanol–water partition coefficient (Wildman–Crippen LogP) is 1.66. The maximum atomic E-state index is 13.3. The van der Waals surface area contributed by atoms with Gasteiger partial charge in [-0.2, -0.15) is 0 Å². The summed E-state index contributed by atoms with van der Waals surface area (Å²) in [5.41, 5.74) is 4.37. The molecular formula is C41H48N6O10. The van der Waals surface area contributed by atoms with E-state index in [2.05, 4.69) is 31.9 Å². The molecule has 6 amide bonds. The molecule has 3 aliphatic rings. The molecule has 0 spiro atoms. The number of nitrogens with one attached hydrogen (secondary N) is 6. The fraction of sp³-hybridized carbons (Fsp3) is 0.415. The van der Waals surface area contributed by atoms with Crippen LogP contribution in [0.5, 0.6) is 0 Å². The monoisotopic (exact) mass is 784 g/mol. The zero-order chi connectivity index (χ0) is 40.5. The smallest absolute Gasteiger partial charge is 0.408 e. The van der Waals surface area contributed by atoms with E-state index in [-0.39, 0.29) is 32.2 Å². The number of ether oxygens (including phenoxy) is 4. The van der Waals surface area contributed by atoms with Gasteiger partial charge >= 0.3 is 12.2 Å². The first kappa shape index (κ1) is 40.7. The first-order valence-corrected chi connectivity index (χ1v) is 18.8. The zero-order valence-electron chi connectivity index (χ0n) is 32.0. The van der Waals surface area contributed by atoms with Crippen LogP contribution in [0.25, 0.3) is 11.1 Å². The number of hydrogen-bond donors (Lipinski definition) is 6. The summed E-state index contributed by atoms with van der Waals surface area (Å²) in [6.07, 6.45) is -2.28. The quantitative estimate of drug-likeness (QED) is 0.139. The van der Waals surface area contributed by atoms with Crippen molar-refractivity contribution in [3.63, 3.8) is 0 Å². The third-order valence-electron chi connectivity index (χ3n) is 9.64. The summed E-state index contributed by atoms with van der Waals surface area (Å²) in [6, 6.07) is 22.8. The molecule has 5 atom stereocenters. The minimum atomic E-state index is -1.08. The van der Waals surface area contributed by atoms with Crippen LogP contribution in [0.3, 0.4) is 0 Å². The van der Waals surface area contributed by atoms with Gasteiger partial charge in [0.2, 0.25) is 23.6 Å². The highest BCUT2D eigenvalue weighted by Gasteiger charge is 2.49. The summed E-state index contributed by atoms with van der Waals surface area (Å²) < 4.78 is 22.4. The minimum Gasteiger partial charge on any atom is -0.449 e. The van der Waals surface area contributed by atoms with Gasteiger partial charge in [-0.05, 0) is 48.6 Å². The SMILES string of the molecule is CC(C)(C)OC(=O)N[C@H]1CO[C@H]2[C@@H]1OC[C@@H]2NC(=O)CNC(=O)[C@H](Cc1ccccc1)NC(=O)CNC(=O)CNC(=O)OCC1c2ccccc2-c2ccccc21. The van der Waals surface area contributed by atoms with Crippen LogP contribution in [0.2, 0.25) is 0 Å². The lowest BCUT2D eigenvalue weighted by atomic mass is 9.98. The highest BCUT2D eigenvalue weighted by atomic mass is 16.6. The summed E-state index contributed by atoms with van der Waals surface area (Å²) in [6.45, 7) is 4.36. The van der Waals surface area contributed by atoms with E-state index in [4.69, 9.17) is 18.9 Å². The standard InChI is InChI=1S/C41H48N6O10/c1-41(2,3)57-40(53)47-32-23-55-36-31(22-54-37(32)36)46-35(50)20-43-38(51)30(17-24-11-5-4-6-12-24)45-34(49)19-42-33(48)18-44-39(52)56-21-29-27-15-9-7-13-25(27)26-14-8-10-16-28(26)29/h4-16,29-32,36-37H,17-23H2,1-3H3,(H,42,48)(H,43,51)(H,44,52)(H,45,49)(H,46,50)(H,47,53)/t30-,31-,32-,36+,37+/m0/s1. The molecule has 6 N–H and O–H groups in total. The highest BCUT2D eigenvalue weighted by Crippen LogP contribution is 2.44. The molecule has 3 aromatic rings. The van der Waals surface area contributed by atoms with E-state index in [9.17, 15) is 28.8 Å². The molecule has 2 aliphatic heterocycles. The van der Waals surface area contributed by atoms with Crippen molar-refractivity contribution in [2.24, 2.45) is 0 Å². The van der Waals surface area contributed by atoms with Crippen molar-refractivity contribution >= 4 is 35.8 Å². The number of rotatable bonds is 14. The normalized spacial score (nSPS) is 19.8. The molecule has 0 bridgehead atoms. The molecule has 16 nitrogen and oxygen atoms in total. The first-order valence-electron chi connectivity index (χ1n) is 18.8. The summed E-state index contributed by atoms with van der Waals surface area (Å²) in [7, 11) is 0. The van der Waals surface area contributed by atoms with Crippen LogP contribution >= 0.6 is 0 Å². The topological polar surface area (TPSA) is 212 Å². The second-order valence-corrected chi connectivity index (χ2v) is 15.0. The molecule has 0 saturated carbocycles. The number of fused-ring (bicyclic) bond motifs is 4. The number of carbonyl (C=O) groups excluding carboxylic acids is 6. The van der Waals surface area contributed by atoms with Crippen LogP contribution in [0.4, 0.5) is 9.59 Å². The summed E-state index contributed by atoms with van der Waals surface area (Å²) in [4.78, 5) is 76.4. The Bertz CT molecular complexity index is 1910.